The first-order valence-corrected chi connectivity index (χ1v) is 13.9. The number of hydrogen-bond acceptors (Lipinski definition) is 4. The van der Waals surface area contributed by atoms with E-state index in [0.29, 0.717) is 40.6 Å². The van der Waals surface area contributed by atoms with Crippen molar-refractivity contribution in [2.24, 2.45) is 0 Å². The van der Waals surface area contributed by atoms with E-state index < -0.39 is 11.8 Å². The molecule has 1 fully saturated rings. The van der Waals surface area contributed by atoms with Crippen molar-refractivity contribution >= 4 is 27.8 Å². The molecule has 4 aromatic carbocycles. The molecule has 0 aliphatic carbocycles. The standard InChI is InChI=1S/C34H27F2N3O3/c35-26-10-12-27(13-11-26)39-28-18-25-19-37-38-32(25)31(36)30(28)29(33(39)23-14-16-41-17-15-23)22-6-8-24(9-7-22)34(40)42-20-21-4-2-1-3-5-21/h1-13,18-19,23H,14-17,20H2,(H,37,38). The Balaban J connectivity index is 1.39. The van der Waals surface area contributed by atoms with E-state index in [1.54, 1.807) is 30.5 Å². The third-order valence-corrected chi connectivity index (χ3v) is 7.96. The first kappa shape index (κ1) is 26.1. The first-order chi connectivity index (χ1) is 20.6. The highest BCUT2D eigenvalue weighted by molar-refractivity contribution is 6.06. The van der Waals surface area contributed by atoms with Gasteiger partial charge in [-0.3, -0.25) is 5.10 Å². The Kier molecular flexibility index (Phi) is 6.76. The summed E-state index contributed by atoms with van der Waals surface area (Å²) in [7, 11) is 0. The van der Waals surface area contributed by atoms with Crippen LogP contribution in [0.1, 0.15) is 40.4 Å². The van der Waals surface area contributed by atoms with Gasteiger partial charge in [0, 0.05) is 46.8 Å². The van der Waals surface area contributed by atoms with E-state index in [4.69, 9.17) is 9.47 Å². The number of benzene rings is 4. The minimum absolute atomic E-state index is 0.0672. The fourth-order valence-electron chi connectivity index (χ4n) is 5.92. The molecule has 1 N–H and O–H groups in total. The molecule has 0 radical (unpaired) electrons. The summed E-state index contributed by atoms with van der Waals surface area (Å²) in [5.41, 5.74) is 5.45. The molecule has 6 nitrogen and oxygen atoms in total. The lowest BCUT2D eigenvalue weighted by atomic mass is 9.89. The van der Waals surface area contributed by atoms with Gasteiger partial charge in [0.1, 0.15) is 17.9 Å². The maximum Gasteiger partial charge on any atom is 0.338 e. The average molecular weight is 564 g/mol. The zero-order valence-corrected chi connectivity index (χ0v) is 22.6. The second-order valence-corrected chi connectivity index (χ2v) is 10.5. The number of esters is 1. The zero-order valence-electron chi connectivity index (χ0n) is 22.6. The summed E-state index contributed by atoms with van der Waals surface area (Å²) >= 11 is 0. The number of nitrogens with one attached hydrogen (secondary N) is 1. The second-order valence-electron chi connectivity index (χ2n) is 10.5. The van der Waals surface area contributed by atoms with E-state index in [-0.39, 0.29) is 18.3 Å². The summed E-state index contributed by atoms with van der Waals surface area (Å²) in [6, 6.07) is 24.8. The van der Waals surface area contributed by atoms with Crippen LogP contribution in [0.4, 0.5) is 8.78 Å². The quantitative estimate of drug-likeness (QED) is 0.211. The molecule has 1 saturated heterocycles. The molecule has 8 heteroatoms. The monoisotopic (exact) mass is 563 g/mol. The highest BCUT2D eigenvalue weighted by Crippen LogP contribution is 2.45. The van der Waals surface area contributed by atoms with Crippen molar-refractivity contribution in [2.75, 3.05) is 13.2 Å². The van der Waals surface area contributed by atoms with Crippen molar-refractivity contribution < 1.29 is 23.0 Å². The van der Waals surface area contributed by atoms with Crippen LogP contribution in [0.15, 0.2) is 91.1 Å². The number of halogens is 2. The van der Waals surface area contributed by atoms with Gasteiger partial charge in [0.25, 0.3) is 0 Å². The molecule has 0 unspecified atom stereocenters. The maximum atomic E-state index is 16.4. The number of carbonyl (C=O) groups is 1. The van der Waals surface area contributed by atoms with E-state index in [1.807, 2.05) is 53.1 Å². The minimum Gasteiger partial charge on any atom is -0.457 e. The molecule has 1 aliphatic rings. The number of ether oxygens (including phenoxy) is 2. The lowest BCUT2D eigenvalue weighted by molar-refractivity contribution is 0.0472. The van der Waals surface area contributed by atoms with Crippen LogP contribution in [0.25, 0.3) is 38.6 Å². The molecule has 210 valence electrons. The summed E-state index contributed by atoms with van der Waals surface area (Å²) < 4.78 is 43.6. The molecule has 2 aromatic heterocycles. The van der Waals surface area contributed by atoms with Gasteiger partial charge >= 0.3 is 5.97 Å². The summed E-state index contributed by atoms with van der Waals surface area (Å²) in [6.07, 6.45) is 3.12. The van der Waals surface area contributed by atoms with Gasteiger partial charge in [0.2, 0.25) is 0 Å². The predicted octanol–water partition coefficient (Wildman–Crippen LogP) is 7.70. The van der Waals surface area contributed by atoms with Crippen molar-refractivity contribution in [1.29, 1.82) is 0 Å². The van der Waals surface area contributed by atoms with Crippen LogP contribution in [-0.4, -0.2) is 33.9 Å². The van der Waals surface area contributed by atoms with Gasteiger partial charge in [-0.1, -0.05) is 42.5 Å². The second kappa shape index (κ2) is 10.9. The number of rotatable bonds is 6. The van der Waals surface area contributed by atoms with Crippen LogP contribution in [0, 0.1) is 11.6 Å². The van der Waals surface area contributed by atoms with Crippen LogP contribution in [-0.2, 0) is 16.1 Å². The molecule has 7 rings (SSSR count). The lowest BCUT2D eigenvalue weighted by Crippen LogP contribution is -2.17. The minimum atomic E-state index is -0.436. The summed E-state index contributed by atoms with van der Waals surface area (Å²) in [4.78, 5) is 12.8. The Morgan fingerprint density at radius 1 is 0.976 bits per heavy atom. The largest absolute Gasteiger partial charge is 0.457 e. The smallest absolute Gasteiger partial charge is 0.338 e. The molecule has 0 saturated carbocycles. The third-order valence-electron chi connectivity index (χ3n) is 7.96. The lowest BCUT2D eigenvalue weighted by Gasteiger charge is -2.26. The SMILES string of the molecule is O=C(OCc1ccccc1)c1ccc(-c2c(C3CCOCC3)n(-c3ccc(F)cc3)c3cc4cn[nH]c4c(F)c23)cc1. The number of hydrogen-bond donors (Lipinski definition) is 1. The van der Waals surface area contributed by atoms with Crippen LogP contribution >= 0.6 is 0 Å². The van der Waals surface area contributed by atoms with Crippen LogP contribution in [0.2, 0.25) is 0 Å². The fourth-order valence-corrected chi connectivity index (χ4v) is 5.92. The average Bonchev–Trinajstić information content (AvgIpc) is 3.65. The molecule has 1 aliphatic heterocycles. The Labute approximate surface area is 240 Å². The Morgan fingerprint density at radius 3 is 2.45 bits per heavy atom. The molecule has 0 spiro atoms. The summed E-state index contributed by atoms with van der Waals surface area (Å²) in [5, 5.41) is 7.96. The number of fused-ring (bicyclic) bond motifs is 2. The number of nitrogens with zero attached hydrogens (tertiary/aromatic N) is 2. The fraction of sp³-hybridized carbons (Fsp3) is 0.176. The molecule has 0 bridgehead atoms. The summed E-state index contributed by atoms with van der Waals surface area (Å²) in [6.45, 7) is 1.36. The van der Waals surface area contributed by atoms with Gasteiger partial charge < -0.3 is 14.0 Å². The molecular formula is C34H27F2N3O3. The van der Waals surface area contributed by atoms with Gasteiger partial charge in [-0.15, -0.1) is 0 Å². The van der Waals surface area contributed by atoms with E-state index in [2.05, 4.69) is 10.2 Å². The highest BCUT2D eigenvalue weighted by Gasteiger charge is 2.30. The van der Waals surface area contributed by atoms with E-state index in [1.165, 1.54) is 12.1 Å². The maximum absolute atomic E-state index is 16.4. The van der Waals surface area contributed by atoms with Crippen molar-refractivity contribution in [3.63, 3.8) is 0 Å². The van der Waals surface area contributed by atoms with Gasteiger partial charge in [0.15, 0.2) is 5.82 Å². The molecule has 3 heterocycles. The summed E-state index contributed by atoms with van der Waals surface area (Å²) in [5.74, 6) is -1.12. The molecular weight excluding hydrogens is 536 g/mol. The molecule has 0 atom stereocenters. The van der Waals surface area contributed by atoms with Crippen LogP contribution < -0.4 is 0 Å². The number of aromatic amines is 1. The molecule has 0 amide bonds. The van der Waals surface area contributed by atoms with Crippen LogP contribution in [0.5, 0.6) is 0 Å². The number of carbonyl (C=O) groups excluding carboxylic acids is 1. The van der Waals surface area contributed by atoms with Crippen LogP contribution in [0.3, 0.4) is 0 Å². The van der Waals surface area contributed by atoms with Crippen molar-refractivity contribution in [1.82, 2.24) is 14.8 Å². The number of H-pyrrole nitrogens is 1. The van der Waals surface area contributed by atoms with Gasteiger partial charge in [-0.25, -0.2) is 13.6 Å². The normalized spacial score (nSPS) is 14.0. The Morgan fingerprint density at radius 2 is 1.71 bits per heavy atom. The van der Waals surface area contributed by atoms with E-state index >= 15 is 4.39 Å². The number of aromatic nitrogens is 3. The molecule has 42 heavy (non-hydrogen) atoms. The molecule has 6 aromatic rings. The Bertz CT molecular complexity index is 1890. The topological polar surface area (TPSA) is 69.1 Å². The van der Waals surface area contributed by atoms with Crippen molar-refractivity contribution in [2.45, 2.75) is 25.4 Å². The van der Waals surface area contributed by atoms with Crippen molar-refractivity contribution in [3.8, 4) is 16.8 Å². The van der Waals surface area contributed by atoms with E-state index in [0.717, 1.165) is 40.9 Å². The van der Waals surface area contributed by atoms with Gasteiger partial charge in [0.05, 0.1) is 17.3 Å². The van der Waals surface area contributed by atoms with E-state index in [9.17, 15) is 9.18 Å². The third kappa shape index (κ3) is 4.63. The van der Waals surface area contributed by atoms with Gasteiger partial charge in [-0.2, -0.15) is 5.10 Å². The Hall–Kier alpha value is -4.82. The predicted molar refractivity (Wildman–Crippen MR) is 157 cm³/mol. The first-order valence-electron chi connectivity index (χ1n) is 13.9. The van der Waals surface area contributed by atoms with Crippen molar-refractivity contribution in [3.05, 3.63) is 120 Å². The van der Waals surface area contributed by atoms with Gasteiger partial charge in [-0.05, 0) is 66.4 Å². The zero-order chi connectivity index (χ0) is 28.6. The highest BCUT2D eigenvalue weighted by atomic mass is 19.1.